The molecule has 0 aromatic carbocycles. The number of ether oxygens (including phenoxy) is 2. The van der Waals surface area contributed by atoms with Gasteiger partial charge in [-0.15, -0.1) is 0 Å². The summed E-state index contributed by atoms with van der Waals surface area (Å²) in [6, 6.07) is -0.889. The summed E-state index contributed by atoms with van der Waals surface area (Å²) in [5.41, 5.74) is 0. The number of hydrogen-bond donors (Lipinski definition) is 5. The van der Waals surface area contributed by atoms with Crippen LogP contribution in [0.25, 0.3) is 0 Å². The van der Waals surface area contributed by atoms with E-state index in [2.05, 4.69) is 17.9 Å². The number of carbonyl (C=O) groups is 1. The minimum Gasteiger partial charge on any atom is -0.394 e. The molecule has 1 rings (SSSR count). The monoisotopic (exact) mass is 281 g/mol. The number of rotatable bonds is 5. The SMILES string of the molecule is CC(=O)NC1C(O)C(O)C(CO)O[C@H]1OCCS. The van der Waals surface area contributed by atoms with E-state index in [1.165, 1.54) is 6.92 Å². The molecular formula is C10H19NO6S. The van der Waals surface area contributed by atoms with Crippen molar-refractivity contribution in [2.75, 3.05) is 19.0 Å². The maximum Gasteiger partial charge on any atom is 0.217 e. The van der Waals surface area contributed by atoms with E-state index in [4.69, 9.17) is 14.6 Å². The third-order valence-electron chi connectivity index (χ3n) is 2.62. The fourth-order valence-electron chi connectivity index (χ4n) is 1.78. The Morgan fingerprint density at radius 2 is 2.11 bits per heavy atom. The molecule has 0 aromatic heterocycles. The molecule has 1 saturated heterocycles. The predicted octanol–water partition coefficient (Wildman–Crippen LogP) is -2.12. The molecular weight excluding hydrogens is 262 g/mol. The average Bonchev–Trinajstić information content (AvgIpc) is 2.33. The molecule has 0 spiro atoms. The van der Waals surface area contributed by atoms with E-state index >= 15 is 0 Å². The number of hydrogen-bond acceptors (Lipinski definition) is 7. The van der Waals surface area contributed by atoms with E-state index in [0.717, 1.165) is 0 Å². The quantitative estimate of drug-likeness (QED) is 0.369. The largest absolute Gasteiger partial charge is 0.394 e. The van der Waals surface area contributed by atoms with Crippen LogP contribution in [0.3, 0.4) is 0 Å². The molecule has 1 amide bonds. The Bertz CT molecular complexity index is 279. The number of nitrogens with one attached hydrogen (secondary N) is 1. The highest BCUT2D eigenvalue weighted by Crippen LogP contribution is 2.22. The van der Waals surface area contributed by atoms with Gasteiger partial charge in [0.1, 0.15) is 24.4 Å². The summed E-state index contributed by atoms with van der Waals surface area (Å²) in [6.07, 6.45) is -4.45. The second kappa shape index (κ2) is 7.27. The highest BCUT2D eigenvalue weighted by molar-refractivity contribution is 7.80. The molecule has 1 aliphatic heterocycles. The van der Waals surface area contributed by atoms with Gasteiger partial charge in [-0.3, -0.25) is 4.79 Å². The van der Waals surface area contributed by atoms with Gasteiger partial charge in [-0.05, 0) is 0 Å². The van der Waals surface area contributed by atoms with E-state index in [1.54, 1.807) is 0 Å². The molecule has 4 unspecified atom stereocenters. The lowest BCUT2D eigenvalue weighted by Gasteiger charge is -2.42. The molecule has 4 N–H and O–H groups in total. The molecule has 7 nitrogen and oxygen atoms in total. The lowest BCUT2D eigenvalue weighted by molar-refractivity contribution is -0.268. The number of carbonyl (C=O) groups excluding carboxylic acids is 1. The smallest absolute Gasteiger partial charge is 0.217 e. The van der Waals surface area contributed by atoms with Gasteiger partial charge >= 0.3 is 0 Å². The zero-order valence-corrected chi connectivity index (χ0v) is 10.9. The molecule has 0 radical (unpaired) electrons. The van der Waals surface area contributed by atoms with Crippen LogP contribution in [0.5, 0.6) is 0 Å². The number of amides is 1. The van der Waals surface area contributed by atoms with Crippen LogP contribution in [-0.4, -0.2) is 70.8 Å². The van der Waals surface area contributed by atoms with Gasteiger partial charge in [0.25, 0.3) is 0 Å². The van der Waals surface area contributed by atoms with E-state index in [-0.39, 0.29) is 12.5 Å². The highest BCUT2D eigenvalue weighted by Gasteiger charge is 2.45. The first-order chi connectivity index (χ1) is 8.51. The Morgan fingerprint density at radius 1 is 1.44 bits per heavy atom. The van der Waals surface area contributed by atoms with Crippen molar-refractivity contribution in [2.24, 2.45) is 0 Å². The van der Waals surface area contributed by atoms with Crippen LogP contribution in [0.2, 0.25) is 0 Å². The number of aliphatic hydroxyl groups excluding tert-OH is 3. The zero-order chi connectivity index (χ0) is 13.7. The molecule has 1 fully saturated rings. The van der Waals surface area contributed by atoms with Crippen LogP contribution in [0.1, 0.15) is 6.92 Å². The zero-order valence-electron chi connectivity index (χ0n) is 10.0. The predicted molar refractivity (Wildman–Crippen MR) is 65.2 cm³/mol. The first-order valence-corrected chi connectivity index (χ1v) is 6.26. The van der Waals surface area contributed by atoms with Crippen molar-refractivity contribution >= 4 is 18.5 Å². The number of thiol groups is 1. The molecule has 1 aliphatic rings. The van der Waals surface area contributed by atoms with Gasteiger partial charge in [0.05, 0.1) is 13.2 Å². The van der Waals surface area contributed by atoms with Crippen LogP contribution in [0.15, 0.2) is 0 Å². The Kier molecular flexibility index (Phi) is 6.33. The Balaban J connectivity index is 2.76. The average molecular weight is 281 g/mol. The van der Waals surface area contributed by atoms with Gasteiger partial charge in [-0.2, -0.15) is 12.6 Å². The third kappa shape index (κ3) is 3.81. The van der Waals surface area contributed by atoms with Crippen molar-refractivity contribution in [3.63, 3.8) is 0 Å². The molecule has 0 aromatic rings. The second-order valence-corrected chi connectivity index (χ2v) is 4.47. The van der Waals surface area contributed by atoms with E-state index in [0.29, 0.717) is 5.75 Å². The first kappa shape index (κ1) is 15.7. The minimum absolute atomic E-state index is 0.255. The lowest BCUT2D eigenvalue weighted by Crippen LogP contribution is -2.64. The lowest BCUT2D eigenvalue weighted by atomic mass is 9.97. The minimum atomic E-state index is -1.29. The topological polar surface area (TPSA) is 108 Å². The van der Waals surface area contributed by atoms with Crippen LogP contribution in [0.4, 0.5) is 0 Å². The standard InChI is InChI=1S/C10H19NO6S/c1-5(13)11-7-9(15)8(14)6(4-12)17-10(7)16-2-3-18/h6-10,12,14-15,18H,2-4H2,1H3,(H,11,13)/t6?,7?,8?,9?,10-/m1/s1. The van der Waals surface area contributed by atoms with Crippen molar-refractivity contribution in [2.45, 2.75) is 37.6 Å². The maximum absolute atomic E-state index is 11.1. The molecule has 0 saturated carbocycles. The van der Waals surface area contributed by atoms with E-state index in [9.17, 15) is 15.0 Å². The Hall–Kier alpha value is -0.380. The van der Waals surface area contributed by atoms with Crippen LogP contribution in [-0.2, 0) is 14.3 Å². The van der Waals surface area contributed by atoms with Gasteiger partial charge in [-0.1, -0.05) is 0 Å². The highest BCUT2D eigenvalue weighted by atomic mass is 32.1. The van der Waals surface area contributed by atoms with Gasteiger partial charge in [-0.25, -0.2) is 0 Å². The van der Waals surface area contributed by atoms with Crippen molar-refractivity contribution in [1.29, 1.82) is 0 Å². The van der Waals surface area contributed by atoms with Gasteiger partial charge in [0, 0.05) is 12.7 Å². The molecule has 5 atom stereocenters. The van der Waals surface area contributed by atoms with E-state index < -0.39 is 37.3 Å². The van der Waals surface area contributed by atoms with Gasteiger partial charge in [0.2, 0.25) is 5.91 Å². The molecule has 8 heteroatoms. The van der Waals surface area contributed by atoms with Gasteiger partial charge in [0.15, 0.2) is 6.29 Å². The molecule has 1 heterocycles. The van der Waals surface area contributed by atoms with Crippen LogP contribution < -0.4 is 5.32 Å². The summed E-state index contributed by atoms with van der Waals surface area (Å²) in [4.78, 5) is 11.1. The summed E-state index contributed by atoms with van der Waals surface area (Å²) in [7, 11) is 0. The fraction of sp³-hybridized carbons (Fsp3) is 0.900. The van der Waals surface area contributed by atoms with Crippen LogP contribution >= 0.6 is 12.6 Å². The van der Waals surface area contributed by atoms with Crippen molar-refractivity contribution in [3.8, 4) is 0 Å². The Morgan fingerprint density at radius 3 is 2.61 bits per heavy atom. The van der Waals surface area contributed by atoms with Crippen molar-refractivity contribution in [3.05, 3.63) is 0 Å². The van der Waals surface area contributed by atoms with Gasteiger partial charge < -0.3 is 30.1 Å². The first-order valence-electron chi connectivity index (χ1n) is 5.63. The second-order valence-electron chi connectivity index (χ2n) is 4.03. The normalized spacial score (nSPS) is 36.4. The fourth-order valence-corrected chi connectivity index (χ4v) is 1.89. The van der Waals surface area contributed by atoms with E-state index in [1.807, 2.05) is 0 Å². The number of aliphatic hydroxyl groups is 3. The molecule has 18 heavy (non-hydrogen) atoms. The Labute approximate surface area is 110 Å². The molecule has 0 bridgehead atoms. The molecule has 106 valence electrons. The van der Waals surface area contributed by atoms with Crippen LogP contribution in [0, 0.1) is 0 Å². The van der Waals surface area contributed by atoms with Crippen molar-refractivity contribution < 1.29 is 29.6 Å². The summed E-state index contributed by atoms with van der Waals surface area (Å²) >= 11 is 3.98. The summed E-state index contributed by atoms with van der Waals surface area (Å²) in [6.45, 7) is 1.09. The summed E-state index contributed by atoms with van der Waals surface area (Å²) in [5.74, 6) is 0.0616. The molecule has 0 aliphatic carbocycles. The summed E-state index contributed by atoms with van der Waals surface area (Å²) in [5, 5.41) is 31.1. The summed E-state index contributed by atoms with van der Waals surface area (Å²) < 4.78 is 10.6. The van der Waals surface area contributed by atoms with Crippen molar-refractivity contribution in [1.82, 2.24) is 5.32 Å². The maximum atomic E-state index is 11.1. The third-order valence-corrected chi connectivity index (χ3v) is 2.81.